The van der Waals surface area contributed by atoms with Gasteiger partial charge in [-0.25, -0.2) is 4.98 Å². The predicted octanol–water partition coefficient (Wildman–Crippen LogP) is 4.96. The second-order valence-corrected chi connectivity index (χ2v) is 8.72. The molecule has 7 heteroatoms. The van der Waals surface area contributed by atoms with Crippen LogP contribution >= 0.6 is 23.4 Å². The highest BCUT2D eigenvalue weighted by molar-refractivity contribution is 8.00. The molecule has 1 aliphatic rings. The smallest absolute Gasteiger partial charge is 0.266 e. The monoisotopic (exact) mass is 428 g/mol. The largest absolute Gasteiger partial charge is 0.495 e. The number of thioether (sulfide) groups is 1. The number of nitrogens with zero attached hydrogens (tertiary/aromatic N) is 2. The highest BCUT2D eigenvalue weighted by Crippen LogP contribution is 2.35. The zero-order chi connectivity index (χ0) is 20.5. The van der Waals surface area contributed by atoms with Gasteiger partial charge in [-0.1, -0.05) is 41.9 Å². The maximum Gasteiger partial charge on any atom is 0.266 e. The maximum atomic E-state index is 13.5. The summed E-state index contributed by atoms with van der Waals surface area (Å²) in [6, 6.07) is 10.8. The summed E-state index contributed by atoms with van der Waals surface area (Å²) in [5.41, 5.74) is 1.82. The molecular formula is C22H21ClN2O3S. The molecule has 0 radical (unpaired) electrons. The fourth-order valence-corrected chi connectivity index (χ4v) is 4.97. The molecule has 1 aromatic heterocycles. The van der Waals surface area contributed by atoms with Crippen LogP contribution in [-0.4, -0.2) is 27.7 Å². The molecular weight excluding hydrogens is 408 g/mol. The highest BCUT2D eigenvalue weighted by Gasteiger charge is 2.27. The van der Waals surface area contributed by atoms with E-state index in [0.717, 1.165) is 24.8 Å². The quantitative estimate of drug-likeness (QED) is 0.549. The number of Topliss-reactive ketones (excluding diaryl/α,β-unsaturated/α-hetero) is 1. The minimum absolute atomic E-state index is 0.192. The van der Waals surface area contributed by atoms with Gasteiger partial charge in [-0.2, -0.15) is 0 Å². The first-order chi connectivity index (χ1) is 14.0. The molecule has 5 nitrogen and oxygen atoms in total. The van der Waals surface area contributed by atoms with Gasteiger partial charge in [-0.15, -0.1) is 0 Å². The van der Waals surface area contributed by atoms with E-state index in [2.05, 4.69) is 0 Å². The van der Waals surface area contributed by atoms with Gasteiger partial charge in [0, 0.05) is 17.5 Å². The van der Waals surface area contributed by atoms with Crippen LogP contribution in [0.4, 0.5) is 0 Å². The number of para-hydroxylation sites is 1. The van der Waals surface area contributed by atoms with E-state index in [1.807, 2.05) is 31.2 Å². The maximum absolute atomic E-state index is 13.5. The molecule has 0 bridgehead atoms. The van der Waals surface area contributed by atoms with Crippen LogP contribution in [0.5, 0.6) is 5.75 Å². The van der Waals surface area contributed by atoms with E-state index in [-0.39, 0.29) is 16.6 Å². The molecule has 150 valence electrons. The molecule has 0 aliphatic heterocycles. The first-order valence-electron chi connectivity index (χ1n) is 9.55. The number of hydrogen-bond acceptors (Lipinski definition) is 5. The Hall–Kier alpha value is -2.31. The summed E-state index contributed by atoms with van der Waals surface area (Å²) >= 11 is 7.63. The standard InChI is InChI=1S/C22H21ClN2O3S/c1-13-11-17(19(28-2)12-15(13)23)25-21(27)14-7-3-4-8-16(14)24-22(25)29-20-10-6-5-9-18(20)26/h3-4,7-8,11-12,20H,5-6,9-10H2,1-2H3. The second kappa shape index (κ2) is 8.20. The number of fused-ring (bicyclic) bond motifs is 1. The molecule has 1 aliphatic carbocycles. The van der Waals surface area contributed by atoms with E-state index in [1.54, 1.807) is 23.8 Å². The van der Waals surface area contributed by atoms with Crippen LogP contribution in [0.15, 0.2) is 46.3 Å². The molecule has 1 saturated carbocycles. The summed E-state index contributed by atoms with van der Waals surface area (Å²) in [6.45, 7) is 1.88. The summed E-state index contributed by atoms with van der Waals surface area (Å²) in [7, 11) is 1.54. The molecule has 3 aromatic rings. The summed E-state index contributed by atoms with van der Waals surface area (Å²) < 4.78 is 7.07. The molecule has 0 amide bonds. The Morgan fingerprint density at radius 2 is 2.00 bits per heavy atom. The number of halogens is 1. The van der Waals surface area contributed by atoms with Crippen molar-refractivity contribution in [2.24, 2.45) is 0 Å². The van der Waals surface area contributed by atoms with Crippen molar-refractivity contribution in [2.45, 2.75) is 43.0 Å². The van der Waals surface area contributed by atoms with Crippen molar-refractivity contribution in [2.75, 3.05) is 7.11 Å². The normalized spacial score (nSPS) is 16.9. The number of methoxy groups -OCH3 is 1. The van der Waals surface area contributed by atoms with Crippen LogP contribution in [0.25, 0.3) is 16.6 Å². The summed E-state index contributed by atoms with van der Waals surface area (Å²) in [5.74, 6) is 0.700. The Balaban J connectivity index is 1.97. The minimum Gasteiger partial charge on any atom is -0.495 e. The molecule has 0 saturated heterocycles. The van der Waals surface area contributed by atoms with Gasteiger partial charge in [0.05, 0.1) is 29.0 Å². The van der Waals surface area contributed by atoms with Gasteiger partial charge in [0.1, 0.15) is 11.5 Å². The lowest BCUT2D eigenvalue weighted by Gasteiger charge is -2.22. The van der Waals surface area contributed by atoms with Crippen LogP contribution in [0, 0.1) is 6.92 Å². The van der Waals surface area contributed by atoms with Crippen LogP contribution < -0.4 is 10.3 Å². The Morgan fingerprint density at radius 3 is 2.76 bits per heavy atom. The van der Waals surface area contributed by atoms with E-state index >= 15 is 0 Å². The van der Waals surface area contributed by atoms with E-state index in [4.69, 9.17) is 21.3 Å². The van der Waals surface area contributed by atoms with Crippen LogP contribution in [0.3, 0.4) is 0 Å². The van der Waals surface area contributed by atoms with Crippen LogP contribution in [-0.2, 0) is 4.79 Å². The Morgan fingerprint density at radius 1 is 1.21 bits per heavy atom. The lowest BCUT2D eigenvalue weighted by molar-refractivity contribution is -0.119. The van der Waals surface area contributed by atoms with Gasteiger partial charge in [0.2, 0.25) is 0 Å². The van der Waals surface area contributed by atoms with Crippen molar-refractivity contribution >= 4 is 40.0 Å². The molecule has 29 heavy (non-hydrogen) atoms. The number of benzene rings is 2. The summed E-state index contributed by atoms with van der Waals surface area (Å²) in [4.78, 5) is 30.7. The van der Waals surface area contributed by atoms with E-state index in [0.29, 0.717) is 38.9 Å². The minimum atomic E-state index is -0.193. The Kier molecular flexibility index (Phi) is 5.65. The average Bonchev–Trinajstić information content (AvgIpc) is 2.72. The topological polar surface area (TPSA) is 61.2 Å². The predicted molar refractivity (Wildman–Crippen MR) is 117 cm³/mol. The third-order valence-electron chi connectivity index (χ3n) is 5.19. The van der Waals surface area contributed by atoms with Crippen LogP contribution in [0.1, 0.15) is 31.2 Å². The van der Waals surface area contributed by atoms with Crippen molar-refractivity contribution < 1.29 is 9.53 Å². The summed E-state index contributed by atoms with van der Waals surface area (Å²) in [6.07, 6.45) is 3.31. The molecule has 1 fully saturated rings. The molecule has 2 aromatic carbocycles. The number of ketones is 1. The van der Waals surface area contributed by atoms with Gasteiger partial charge in [-0.05, 0) is 43.5 Å². The number of carbonyl (C=O) groups excluding carboxylic acids is 1. The number of ether oxygens (including phenoxy) is 1. The first-order valence-corrected chi connectivity index (χ1v) is 10.8. The Bertz CT molecular complexity index is 1160. The van der Waals surface area contributed by atoms with E-state index in [1.165, 1.54) is 11.8 Å². The van der Waals surface area contributed by atoms with Crippen molar-refractivity contribution in [3.63, 3.8) is 0 Å². The first kappa shape index (κ1) is 20.0. The van der Waals surface area contributed by atoms with Crippen molar-refractivity contribution in [1.82, 2.24) is 9.55 Å². The zero-order valence-electron chi connectivity index (χ0n) is 16.3. The van der Waals surface area contributed by atoms with Gasteiger partial charge >= 0.3 is 0 Å². The molecule has 1 unspecified atom stereocenters. The zero-order valence-corrected chi connectivity index (χ0v) is 17.8. The van der Waals surface area contributed by atoms with Gasteiger partial charge in [-0.3, -0.25) is 14.2 Å². The number of aryl methyl sites for hydroxylation is 1. The van der Waals surface area contributed by atoms with Crippen molar-refractivity contribution in [3.05, 3.63) is 57.3 Å². The van der Waals surface area contributed by atoms with Gasteiger partial charge in [0.15, 0.2) is 5.16 Å². The number of rotatable bonds is 4. The van der Waals surface area contributed by atoms with E-state index < -0.39 is 0 Å². The van der Waals surface area contributed by atoms with Crippen LogP contribution in [0.2, 0.25) is 5.02 Å². The molecule has 4 rings (SSSR count). The lowest BCUT2D eigenvalue weighted by Crippen LogP contribution is -2.26. The molecule has 0 N–H and O–H groups in total. The van der Waals surface area contributed by atoms with E-state index in [9.17, 15) is 9.59 Å². The fraction of sp³-hybridized carbons (Fsp3) is 0.318. The number of aromatic nitrogens is 2. The Labute approximate surface area is 178 Å². The highest BCUT2D eigenvalue weighted by atomic mass is 35.5. The molecule has 0 spiro atoms. The third kappa shape index (κ3) is 3.79. The number of carbonyl (C=O) groups is 1. The molecule has 1 atom stereocenters. The van der Waals surface area contributed by atoms with Gasteiger partial charge < -0.3 is 4.74 Å². The van der Waals surface area contributed by atoms with Gasteiger partial charge in [0.25, 0.3) is 5.56 Å². The van der Waals surface area contributed by atoms with Crippen molar-refractivity contribution in [3.8, 4) is 11.4 Å². The second-order valence-electron chi connectivity index (χ2n) is 7.14. The summed E-state index contributed by atoms with van der Waals surface area (Å²) in [5, 5.41) is 1.38. The average molecular weight is 429 g/mol. The fourth-order valence-electron chi connectivity index (χ4n) is 3.59. The van der Waals surface area contributed by atoms with Crippen molar-refractivity contribution in [1.29, 1.82) is 0 Å². The molecule has 1 heterocycles. The SMILES string of the molecule is COc1cc(Cl)c(C)cc1-n1c(SC2CCCCC2=O)nc2ccccc2c1=O. The number of hydrogen-bond donors (Lipinski definition) is 0. The lowest BCUT2D eigenvalue weighted by atomic mass is 9.99. The third-order valence-corrected chi connectivity index (χ3v) is 6.87.